The minimum atomic E-state index is 0.653. The van der Waals surface area contributed by atoms with Crippen molar-refractivity contribution in [1.29, 1.82) is 0 Å². The van der Waals surface area contributed by atoms with Crippen molar-refractivity contribution < 1.29 is 0 Å². The largest absolute Gasteiger partial charge is 0.309 e. The topological polar surface area (TPSA) is 97.1 Å². The van der Waals surface area contributed by atoms with Crippen molar-refractivity contribution in [1.82, 2.24) is 48.2 Å². The Morgan fingerprint density at radius 1 is 0.125 bits per heavy atom. The molecule has 7 heterocycles. The minimum Gasteiger partial charge on any atom is -0.309 e. The quantitative estimate of drug-likeness (QED) is 0.114. The lowest BCUT2D eigenvalue weighted by molar-refractivity contribution is 1.01. The standard InChI is InChI=1S/C50H32N4.2C42H27N3/c1-4-14-33(15-5-1)37-24-27-40-43-31-36(35-25-28-46-42(30-35)39-20-11-13-23-45(39)53(46)38-18-8-3-9-19-38)26-29-47(43)54(48(40)32-37)50-51-44-22-12-10-21-41(44)49(52-50)34-16-6-2-7-17-34;1-3-11-28(12-4-1)29-19-21-30(22-20-29)33-23-25-36-39(27-33)45(38-26-24-31-13-7-8-16-34(31)40(36)38)42-43-37-18-10-9-17-35(37)41(44-42)32-14-5-2-6-15-32;1-3-11-28(12-4-1)30-19-21-32(22-20-30)41-35-17-9-10-18-37(35)43-42(44-41)45-38-26-24-31-15-7-8-16-34(31)40(38)36-25-23-33(27-39(36)45)29-13-5-2-6-14-29/h1-32H;2*1-27H. The van der Waals surface area contributed by atoms with E-state index in [0.29, 0.717) is 17.8 Å². The molecule has 0 fully saturated rings. The van der Waals surface area contributed by atoms with Gasteiger partial charge in [0.25, 0.3) is 0 Å². The minimum absolute atomic E-state index is 0.653. The number of benzene rings is 22. The van der Waals surface area contributed by atoms with Crippen LogP contribution in [0.1, 0.15) is 0 Å². The Morgan fingerprint density at radius 3 is 0.771 bits per heavy atom. The van der Waals surface area contributed by atoms with Crippen molar-refractivity contribution in [2.24, 2.45) is 0 Å². The van der Waals surface area contributed by atoms with Crippen LogP contribution in [-0.4, -0.2) is 48.2 Å². The zero-order valence-corrected chi connectivity index (χ0v) is 78.1. The van der Waals surface area contributed by atoms with Gasteiger partial charge in [0, 0.05) is 81.6 Å². The van der Waals surface area contributed by atoms with Gasteiger partial charge >= 0.3 is 0 Å². The predicted molar refractivity (Wildman–Crippen MR) is 600 cm³/mol. The SMILES string of the molecule is c1ccc(-c2ccc(-c3ccc4c5c6ccccc6ccc5n(-c5nc(-c6ccccc6)c6ccccc6n5)c4c3)cc2)cc1.c1ccc(-c2ccc(-c3nc(-n4c5cc(-c6ccccc6)ccc5c5c6ccccc6ccc54)nc4ccccc34)cc2)cc1.c1ccc(-c2ccc3c4cc(-c5ccc6c(c5)c5ccccc5n6-c5ccccc5)ccc4n(-c4nc(-c5ccccc5)c5ccccc5n4)c3c2)cc1. The Kier molecular flexibility index (Phi) is 20.7. The van der Waals surface area contributed by atoms with E-state index in [4.69, 9.17) is 29.9 Å². The molecule has 0 amide bonds. The van der Waals surface area contributed by atoms with Gasteiger partial charge in [-0.3, -0.25) is 13.7 Å². The molecule has 22 aromatic carbocycles. The highest BCUT2D eigenvalue weighted by molar-refractivity contribution is 6.24. The Bertz CT molecular complexity index is 10000. The molecule has 0 unspecified atom stereocenters. The third-order valence-electron chi connectivity index (χ3n) is 28.4. The van der Waals surface area contributed by atoms with Crippen molar-refractivity contribution in [2.75, 3.05) is 0 Å². The fourth-order valence-corrected chi connectivity index (χ4v) is 21.5. The molecule has 672 valence electrons. The van der Waals surface area contributed by atoms with Crippen LogP contribution in [0.2, 0.25) is 0 Å². The molecule has 0 aliphatic heterocycles. The molecule has 0 saturated carbocycles. The number of nitrogens with zero attached hydrogens (tertiary/aromatic N) is 10. The molecule has 0 bridgehead atoms. The summed E-state index contributed by atoms with van der Waals surface area (Å²) in [5.74, 6) is 1.98. The van der Waals surface area contributed by atoms with Crippen molar-refractivity contribution in [3.05, 3.63) is 522 Å². The molecular formula is C134H86N10. The number of hydrogen-bond acceptors (Lipinski definition) is 6. The van der Waals surface area contributed by atoms with E-state index in [0.717, 1.165) is 138 Å². The van der Waals surface area contributed by atoms with E-state index in [1.54, 1.807) is 0 Å². The van der Waals surface area contributed by atoms with Crippen molar-refractivity contribution in [3.63, 3.8) is 0 Å². The van der Waals surface area contributed by atoms with Crippen LogP contribution in [0, 0.1) is 0 Å². The summed E-state index contributed by atoms with van der Waals surface area (Å²) in [7, 11) is 0. The third kappa shape index (κ3) is 14.8. The van der Waals surface area contributed by atoms with Gasteiger partial charge in [0.15, 0.2) is 0 Å². The summed E-state index contributed by atoms with van der Waals surface area (Å²) in [6.45, 7) is 0. The summed E-state index contributed by atoms with van der Waals surface area (Å²) in [4.78, 5) is 31.6. The summed E-state index contributed by atoms with van der Waals surface area (Å²) in [5.41, 5.74) is 32.9. The summed E-state index contributed by atoms with van der Waals surface area (Å²) in [5, 5.41) is 17.6. The van der Waals surface area contributed by atoms with Crippen LogP contribution < -0.4 is 0 Å². The molecular weight excluding hydrogens is 1750 g/mol. The first kappa shape index (κ1) is 83.9. The fraction of sp³-hybridized carbons (Fsp3) is 0. The first-order valence-electron chi connectivity index (χ1n) is 48.9. The molecule has 10 nitrogen and oxygen atoms in total. The molecule has 0 saturated heterocycles. The van der Waals surface area contributed by atoms with E-state index >= 15 is 0 Å². The average molecular weight is 1840 g/mol. The Hall–Kier alpha value is -19.4. The lowest BCUT2D eigenvalue weighted by atomic mass is 9.99. The van der Waals surface area contributed by atoms with Crippen LogP contribution in [0.4, 0.5) is 0 Å². The van der Waals surface area contributed by atoms with Gasteiger partial charge in [-0.15, -0.1) is 0 Å². The second kappa shape index (κ2) is 35.5. The van der Waals surface area contributed by atoms with E-state index in [1.165, 1.54) is 109 Å². The maximum atomic E-state index is 5.35. The highest BCUT2D eigenvalue weighted by Crippen LogP contribution is 2.46. The first-order valence-corrected chi connectivity index (χ1v) is 48.9. The number of hydrogen-bond donors (Lipinski definition) is 0. The lowest BCUT2D eigenvalue weighted by Gasteiger charge is -2.13. The fourth-order valence-electron chi connectivity index (χ4n) is 21.5. The van der Waals surface area contributed by atoms with Crippen molar-refractivity contribution in [2.45, 2.75) is 0 Å². The number of rotatable bonds is 13. The molecule has 0 aliphatic carbocycles. The van der Waals surface area contributed by atoms with E-state index < -0.39 is 0 Å². The smallest absolute Gasteiger partial charge is 0.235 e. The Labute approximate surface area is 829 Å². The third-order valence-corrected chi connectivity index (χ3v) is 28.4. The summed E-state index contributed by atoms with van der Waals surface area (Å²) in [6.07, 6.45) is 0. The maximum Gasteiger partial charge on any atom is 0.235 e. The number of aromatic nitrogens is 10. The summed E-state index contributed by atoms with van der Waals surface area (Å²) >= 11 is 0. The lowest BCUT2D eigenvalue weighted by Crippen LogP contribution is -2.03. The monoisotopic (exact) mass is 1830 g/mol. The zero-order valence-electron chi connectivity index (χ0n) is 78.1. The van der Waals surface area contributed by atoms with Gasteiger partial charge in [-0.2, -0.15) is 0 Å². The van der Waals surface area contributed by atoms with Crippen LogP contribution >= 0.6 is 0 Å². The number of para-hydroxylation sites is 5. The van der Waals surface area contributed by atoms with Gasteiger partial charge in [0.2, 0.25) is 17.8 Å². The van der Waals surface area contributed by atoms with Crippen LogP contribution in [0.15, 0.2) is 522 Å². The highest BCUT2D eigenvalue weighted by Gasteiger charge is 2.26. The second-order valence-corrected chi connectivity index (χ2v) is 36.7. The van der Waals surface area contributed by atoms with Gasteiger partial charge in [-0.05, 0) is 179 Å². The van der Waals surface area contributed by atoms with Gasteiger partial charge < -0.3 is 4.57 Å². The van der Waals surface area contributed by atoms with Crippen LogP contribution in [0.3, 0.4) is 0 Å². The van der Waals surface area contributed by atoms with Crippen molar-refractivity contribution >= 4 is 141 Å². The Balaban J connectivity index is 0.000000108. The molecule has 29 rings (SSSR count). The van der Waals surface area contributed by atoms with E-state index in [9.17, 15) is 0 Å². The molecule has 0 N–H and O–H groups in total. The molecule has 0 spiro atoms. The van der Waals surface area contributed by atoms with Crippen LogP contribution in [-0.2, 0) is 0 Å². The number of fused-ring (bicyclic) bond motifs is 19. The van der Waals surface area contributed by atoms with Crippen LogP contribution in [0.25, 0.3) is 266 Å². The summed E-state index contributed by atoms with van der Waals surface area (Å²) < 4.78 is 9.11. The molecule has 10 heteroatoms. The van der Waals surface area contributed by atoms with E-state index in [2.05, 4.69) is 504 Å². The maximum absolute atomic E-state index is 5.35. The average Bonchev–Trinajstić information content (AvgIpc) is 1.57. The molecule has 29 aromatic rings. The highest BCUT2D eigenvalue weighted by atomic mass is 15.2. The van der Waals surface area contributed by atoms with Gasteiger partial charge in [-0.1, -0.05) is 431 Å². The summed E-state index contributed by atoms with van der Waals surface area (Å²) in [6, 6.07) is 185. The molecule has 0 aliphatic rings. The second-order valence-electron chi connectivity index (χ2n) is 36.7. The predicted octanol–water partition coefficient (Wildman–Crippen LogP) is 34.6. The Morgan fingerprint density at radius 2 is 0.368 bits per heavy atom. The molecule has 0 atom stereocenters. The van der Waals surface area contributed by atoms with Gasteiger partial charge in [-0.25, -0.2) is 29.9 Å². The zero-order chi connectivity index (χ0) is 95.1. The van der Waals surface area contributed by atoms with Crippen molar-refractivity contribution in [3.8, 4) is 124 Å². The van der Waals surface area contributed by atoms with Gasteiger partial charge in [0.05, 0.1) is 77.8 Å². The normalized spacial score (nSPS) is 11.6. The van der Waals surface area contributed by atoms with E-state index in [-0.39, 0.29) is 0 Å². The first-order chi connectivity index (χ1) is 71.4. The molecule has 0 radical (unpaired) electrons. The molecule has 7 aromatic heterocycles. The molecule has 144 heavy (non-hydrogen) atoms. The van der Waals surface area contributed by atoms with Crippen LogP contribution in [0.5, 0.6) is 0 Å². The van der Waals surface area contributed by atoms with E-state index in [1.807, 2.05) is 36.4 Å². The van der Waals surface area contributed by atoms with Gasteiger partial charge in [0.1, 0.15) is 0 Å².